The van der Waals surface area contributed by atoms with Crippen molar-refractivity contribution < 1.29 is 5.11 Å². The van der Waals surface area contributed by atoms with Gasteiger partial charge in [-0.3, -0.25) is 0 Å². The Kier molecular flexibility index (Phi) is 5.71. The van der Waals surface area contributed by atoms with Crippen LogP contribution < -0.4 is 0 Å². The molecule has 0 saturated heterocycles. The highest BCUT2D eigenvalue weighted by Gasteiger charge is 2.14. The third-order valence-electron chi connectivity index (χ3n) is 3.15. The Hall–Kier alpha value is -0.480. The van der Waals surface area contributed by atoms with Crippen LogP contribution >= 0.6 is 0 Å². The van der Waals surface area contributed by atoms with Gasteiger partial charge in [-0.1, -0.05) is 32.1 Å². The monoisotopic (exact) mass is 194 g/mol. The van der Waals surface area contributed by atoms with Crippen molar-refractivity contribution in [1.29, 1.82) is 0 Å². The van der Waals surface area contributed by atoms with E-state index in [1.54, 1.807) is 0 Å². The quantitative estimate of drug-likeness (QED) is 0.682. The summed E-state index contributed by atoms with van der Waals surface area (Å²) in [6.07, 6.45) is 9.59. The Bertz CT molecular complexity index is 193. The molecule has 1 aliphatic rings. The lowest BCUT2D eigenvalue weighted by molar-refractivity contribution is 0.154. The van der Waals surface area contributed by atoms with Crippen molar-refractivity contribution in [1.82, 2.24) is 0 Å². The molecule has 0 heterocycles. The van der Waals surface area contributed by atoms with Crippen LogP contribution in [0, 0.1) is 17.8 Å². The minimum Gasteiger partial charge on any atom is -0.392 e. The third kappa shape index (κ3) is 4.67. The highest BCUT2D eigenvalue weighted by molar-refractivity contribution is 4.96. The molecule has 14 heavy (non-hydrogen) atoms. The molecule has 0 amide bonds. The Labute approximate surface area is 87.9 Å². The molecular weight excluding hydrogens is 172 g/mol. The van der Waals surface area contributed by atoms with Crippen LogP contribution in [0.2, 0.25) is 0 Å². The molecule has 0 bridgehead atoms. The van der Waals surface area contributed by atoms with Crippen LogP contribution in [0.5, 0.6) is 0 Å². The summed E-state index contributed by atoms with van der Waals surface area (Å²) in [5.41, 5.74) is 0. The van der Waals surface area contributed by atoms with Crippen LogP contribution in [0.1, 0.15) is 58.3 Å². The molecule has 1 atom stereocenters. The highest BCUT2D eigenvalue weighted by atomic mass is 16.3. The van der Waals surface area contributed by atoms with Crippen LogP contribution in [0.3, 0.4) is 0 Å². The summed E-state index contributed by atoms with van der Waals surface area (Å²) in [5, 5.41) is 9.61. The van der Waals surface area contributed by atoms with Gasteiger partial charge in [0.25, 0.3) is 0 Å². The molecule has 80 valence electrons. The Morgan fingerprint density at radius 1 is 1.29 bits per heavy atom. The topological polar surface area (TPSA) is 20.2 Å². The SMILES string of the molecule is CC#CCC(O)CCC1CCCCC1. The van der Waals surface area contributed by atoms with E-state index in [9.17, 15) is 5.11 Å². The highest BCUT2D eigenvalue weighted by Crippen LogP contribution is 2.27. The van der Waals surface area contributed by atoms with Crippen molar-refractivity contribution in [2.75, 3.05) is 0 Å². The van der Waals surface area contributed by atoms with E-state index in [4.69, 9.17) is 0 Å². The molecule has 1 rings (SSSR count). The molecule has 0 aromatic carbocycles. The van der Waals surface area contributed by atoms with E-state index in [2.05, 4.69) is 11.8 Å². The number of rotatable bonds is 4. The zero-order valence-corrected chi connectivity index (χ0v) is 9.26. The Morgan fingerprint density at radius 2 is 2.00 bits per heavy atom. The average molecular weight is 194 g/mol. The predicted octanol–water partition coefficient (Wildman–Crippen LogP) is 3.12. The minimum atomic E-state index is -0.190. The second-order valence-corrected chi connectivity index (χ2v) is 4.37. The van der Waals surface area contributed by atoms with E-state index < -0.39 is 0 Å². The largest absolute Gasteiger partial charge is 0.392 e. The lowest BCUT2D eigenvalue weighted by atomic mass is 9.85. The van der Waals surface area contributed by atoms with Crippen LogP contribution in [0.15, 0.2) is 0 Å². The van der Waals surface area contributed by atoms with Crippen LogP contribution in [-0.2, 0) is 0 Å². The number of aliphatic hydroxyl groups excluding tert-OH is 1. The van der Waals surface area contributed by atoms with E-state index >= 15 is 0 Å². The average Bonchev–Trinajstić information content (AvgIpc) is 2.25. The summed E-state index contributed by atoms with van der Waals surface area (Å²) in [5.74, 6) is 6.64. The molecule has 1 aliphatic carbocycles. The predicted molar refractivity (Wildman–Crippen MR) is 59.9 cm³/mol. The van der Waals surface area contributed by atoms with Gasteiger partial charge in [0.2, 0.25) is 0 Å². The number of hydrogen-bond acceptors (Lipinski definition) is 1. The molecule has 1 unspecified atom stereocenters. The lowest BCUT2D eigenvalue weighted by Gasteiger charge is -2.22. The van der Waals surface area contributed by atoms with Gasteiger partial charge in [0.1, 0.15) is 0 Å². The second kappa shape index (κ2) is 6.90. The van der Waals surface area contributed by atoms with Crippen molar-refractivity contribution in [2.45, 2.75) is 64.4 Å². The fourth-order valence-corrected chi connectivity index (χ4v) is 2.23. The normalized spacial score (nSPS) is 19.9. The first-order valence-corrected chi connectivity index (χ1v) is 5.90. The van der Waals surface area contributed by atoms with E-state index in [-0.39, 0.29) is 6.10 Å². The van der Waals surface area contributed by atoms with Gasteiger partial charge in [0.15, 0.2) is 0 Å². The molecular formula is C13H22O. The van der Waals surface area contributed by atoms with Crippen LogP contribution in [0.4, 0.5) is 0 Å². The molecule has 0 aliphatic heterocycles. The third-order valence-corrected chi connectivity index (χ3v) is 3.15. The molecule has 1 saturated carbocycles. The molecule has 0 radical (unpaired) electrons. The first kappa shape index (κ1) is 11.6. The molecule has 0 aromatic rings. The summed E-state index contributed by atoms with van der Waals surface area (Å²) < 4.78 is 0. The van der Waals surface area contributed by atoms with Crippen molar-refractivity contribution in [3.8, 4) is 11.8 Å². The maximum Gasteiger partial charge on any atom is 0.0649 e. The van der Waals surface area contributed by atoms with Gasteiger partial charge in [-0.25, -0.2) is 0 Å². The van der Waals surface area contributed by atoms with Gasteiger partial charge in [-0.15, -0.1) is 11.8 Å². The molecule has 0 aromatic heterocycles. The molecule has 0 spiro atoms. The summed E-state index contributed by atoms with van der Waals surface area (Å²) in [7, 11) is 0. The zero-order valence-electron chi connectivity index (χ0n) is 9.26. The fraction of sp³-hybridized carbons (Fsp3) is 0.846. The molecule has 1 N–H and O–H groups in total. The van der Waals surface area contributed by atoms with Gasteiger partial charge in [-0.2, -0.15) is 0 Å². The molecule has 1 heteroatoms. The zero-order chi connectivity index (χ0) is 10.2. The van der Waals surface area contributed by atoms with E-state index in [1.807, 2.05) is 6.92 Å². The van der Waals surface area contributed by atoms with Crippen LogP contribution in [-0.4, -0.2) is 11.2 Å². The number of aliphatic hydroxyl groups is 1. The van der Waals surface area contributed by atoms with Gasteiger partial charge in [-0.05, 0) is 25.7 Å². The van der Waals surface area contributed by atoms with Gasteiger partial charge >= 0.3 is 0 Å². The Balaban J connectivity index is 2.08. The minimum absolute atomic E-state index is 0.190. The van der Waals surface area contributed by atoms with Gasteiger partial charge in [0, 0.05) is 6.42 Å². The van der Waals surface area contributed by atoms with Crippen molar-refractivity contribution in [3.05, 3.63) is 0 Å². The standard InChI is InChI=1S/C13H22O/c1-2-3-9-13(14)11-10-12-7-5-4-6-8-12/h12-14H,4-11H2,1H3. The smallest absolute Gasteiger partial charge is 0.0649 e. The van der Waals surface area contributed by atoms with Crippen molar-refractivity contribution in [2.24, 2.45) is 5.92 Å². The van der Waals surface area contributed by atoms with Crippen LogP contribution in [0.25, 0.3) is 0 Å². The molecule has 1 fully saturated rings. The van der Waals surface area contributed by atoms with E-state index in [0.29, 0.717) is 6.42 Å². The number of hydrogen-bond donors (Lipinski definition) is 1. The maximum atomic E-state index is 9.61. The summed E-state index contributed by atoms with van der Waals surface area (Å²) in [6.45, 7) is 1.83. The fourth-order valence-electron chi connectivity index (χ4n) is 2.23. The first-order chi connectivity index (χ1) is 6.83. The van der Waals surface area contributed by atoms with Gasteiger partial charge < -0.3 is 5.11 Å². The lowest BCUT2D eigenvalue weighted by Crippen LogP contribution is -2.11. The first-order valence-electron chi connectivity index (χ1n) is 5.90. The summed E-state index contributed by atoms with van der Waals surface area (Å²) >= 11 is 0. The van der Waals surface area contributed by atoms with E-state index in [1.165, 1.54) is 38.5 Å². The summed E-state index contributed by atoms with van der Waals surface area (Å²) in [4.78, 5) is 0. The maximum absolute atomic E-state index is 9.61. The Morgan fingerprint density at radius 3 is 2.64 bits per heavy atom. The van der Waals surface area contributed by atoms with Gasteiger partial charge in [0.05, 0.1) is 6.10 Å². The second-order valence-electron chi connectivity index (χ2n) is 4.37. The van der Waals surface area contributed by atoms with E-state index in [0.717, 1.165) is 12.3 Å². The van der Waals surface area contributed by atoms with Crippen molar-refractivity contribution in [3.63, 3.8) is 0 Å². The van der Waals surface area contributed by atoms with Crippen molar-refractivity contribution >= 4 is 0 Å². The summed E-state index contributed by atoms with van der Waals surface area (Å²) in [6, 6.07) is 0. The molecule has 1 nitrogen and oxygen atoms in total.